The molecular formula is C43H27N3. The maximum Gasteiger partial charge on any atom is 0.160 e. The predicted octanol–water partition coefficient (Wildman–Crippen LogP) is 11.2. The van der Waals surface area contributed by atoms with Gasteiger partial charge in [0.1, 0.15) is 0 Å². The third kappa shape index (κ3) is 4.49. The summed E-state index contributed by atoms with van der Waals surface area (Å²) in [5.74, 6) is 0.690. The van der Waals surface area contributed by atoms with Gasteiger partial charge in [0.15, 0.2) is 5.82 Å². The quantitative estimate of drug-likeness (QED) is 0.193. The number of pyridine rings is 1. The number of benzene rings is 7. The molecule has 0 aliphatic rings. The van der Waals surface area contributed by atoms with Gasteiger partial charge in [-0.05, 0) is 55.9 Å². The highest BCUT2D eigenvalue weighted by atomic mass is 14.9. The summed E-state index contributed by atoms with van der Waals surface area (Å²) < 4.78 is 0. The van der Waals surface area contributed by atoms with Crippen LogP contribution < -0.4 is 0 Å². The molecule has 0 atom stereocenters. The lowest BCUT2D eigenvalue weighted by atomic mass is 9.94. The number of fused-ring (bicyclic) bond motifs is 5. The first-order chi connectivity index (χ1) is 22.8. The van der Waals surface area contributed by atoms with E-state index in [-0.39, 0.29) is 0 Å². The molecule has 3 nitrogen and oxygen atoms in total. The van der Waals surface area contributed by atoms with Gasteiger partial charge < -0.3 is 0 Å². The van der Waals surface area contributed by atoms with Crippen LogP contribution in [0.15, 0.2) is 164 Å². The van der Waals surface area contributed by atoms with Crippen molar-refractivity contribution in [3.05, 3.63) is 164 Å². The highest BCUT2D eigenvalue weighted by molar-refractivity contribution is 6.13. The van der Waals surface area contributed by atoms with Crippen LogP contribution in [0.2, 0.25) is 0 Å². The van der Waals surface area contributed by atoms with Gasteiger partial charge in [-0.25, -0.2) is 9.97 Å². The zero-order valence-electron chi connectivity index (χ0n) is 24.9. The molecule has 2 aromatic heterocycles. The van der Waals surface area contributed by atoms with Crippen LogP contribution in [0.4, 0.5) is 0 Å². The first-order valence-corrected chi connectivity index (χ1v) is 15.5. The van der Waals surface area contributed by atoms with Crippen molar-refractivity contribution >= 4 is 43.1 Å². The van der Waals surface area contributed by atoms with Crippen LogP contribution in [0.1, 0.15) is 0 Å². The molecule has 7 aromatic carbocycles. The first-order valence-electron chi connectivity index (χ1n) is 15.5. The molecule has 9 aromatic rings. The fraction of sp³-hybridized carbons (Fsp3) is 0. The second kappa shape index (κ2) is 10.8. The first kappa shape index (κ1) is 26.2. The van der Waals surface area contributed by atoms with Gasteiger partial charge in [-0.2, -0.15) is 0 Å². The molecule has 0 amide bonds. The minimum atomic E-state index is 0.690. The minimum absolute atomic E-state index is 0.690. The molecule has 0 aliphatic heterocycles. The van der Waals surface area contributed by atoms with Gasteiger partial charge in [0.05, 0.1) is 17.1 Å². The fourth-order valence-corrected chi connectivity index (χ4v) is 6.60. The Balaban J connectivity index is 1.25. The van der Waals surface area contributed by atoms with E-state index in [1.807, 2.05) is 12.3 Å². The van der Waals surface area contributed by atoms with Crippen LogP contribution in [0.5, 0.6) is 0 Å². The SMILES string of the molecule is c1ccc2cc(-c3ccc(-c4nc(-c5cccc6ccccc56)cc(-c5cc6ccccc6c6ccccc56)n4)cc3)ncc2c1. The van der Waals surface area contributed by atoms with Crippen molar-refractivity contribution in [3.8, 4) is 45.2 Å². The molecule has 3 heteroatoms. The van der Waals surface area contributed by atoms with Gasteiger partial charge in [0, 0.05) is 33.8 Å². The van der Waals surface area contributed by atoms with E-state index < -0.39 is 0 Å². The lowest BCUT2D eigenvalue weighted by molar-refractivity contribution is 1.19. The maximum atomic E-state index is 5.25. The summed E-state index contributed by atoms with van der Waals surface area (Å²) in [6.45, 7) is 0. The van der Waals surface area contributed by atoms with Crippen molar-refractivity contribution in [3.63, 3.8) is 0 Å². The molecular weight excluding hydrogens is 558 g/mol. The van der Waals surface area contributed by atoms with E-state index in [1.54, 1.807) is 0 Å². The summed E-state index contributed by atoms with van der Waals surface area (Å²) in [6, 6.07) is 55.4. The van der Waals surface area contributed by atoms with Crippen LogP contribution in [-0.2, 0) is 0 Å². The second-order valence-corrected chi connectivity index (χ2v) is 11.7. The molecule has 2 heterocycles. The van der Waals surface area contributed by atoms with Gasteiger partial charge in [-0.15, -0.1) is 0 Å². The van der Waals surface area contributed by atoms with Crippen molar-refractivity contribution in [1.82, 2.24) is 15.0 Å². The Hall–Kier alpha value is -6.19. The van der Waals surface area contributed by atoms with Gasteiger partial charge in [0.2, 0.25) is 0 Å². The van der Waals surface area contributed by atoms with Crippen LogP contribution in [0.3, 0.4) is 0 Å². The van der Waals surface area contributed by atoms with Crippen LogP contribution >= 0.6 is 0 Å². The van der Waals surface area contributed by atoms with Gasteiger partial charge in [0.25, 0.3) is 0 Å². The zero-order valence-corrected chi connectivity index (χ0v) is 24.9. The predicted molar refractivity (Wildman–Crippen MR) is 192 cm³/mol. The summed E-state index contributed by atoms with van der Waals surface area (Å²) in [5.41, 5.74) is 6.93. The van der Waals surface area contributed by atoms with Crippen molar-refractivity contribution < 1.29 is 0 Å². The molecule has 0 saturated carbocycles. The van der Waals surface area contributed by atoms with Crippen LogP contribution in [0.25, 0.3) is 88.2 Å². The Morgan fingerprint density at radius 3 is 1.72 bits per heavy atom. The lowest BCUT2D eigenvalue weighted by Gasteiger charge is -2.14. The monoisotopic (exact) mass is 585 g/mol. The standard InChI is InChI=1S/C43H27N3/c1-2-13-33-27-44-40(25-31(33)11-1)29-20-22-30(23-21-29)43-45-41(38-19-9-14-28-10-3-5-15-34(28)38)26-42(46-43)39-24-32-12-4-6-16-35(32)36-17-7-8-18-37(36)39/h1-27H. The number of aromatic nitrogens is 3. The largest absolute Gasteiger partial charge is 0.256 e. The summed E-state index contributed by atoms with van der Waals surface area (Å²) in [4.78, 5) is 15.2. The maximum absolute atomic E-state index is 5.25. The van der Waals surface area contributed by atoms with Crippen LogP contribution in [0, 0.1) is 0 Å². The Bertz CT molecular complexity index is 2580. The smallest absolute Gasteiger partial charge is 0.160 e. The normalized spacial score (nSPS) is 11.5. The summed E-state index contributed by atoms with van der Waals surface area (Å²) in [7, 11) is 0. The highest BCUT2D eigenvalue weighted by Gasteiger charge is 2.16. The van der Waals surface area contributed by atoms with E-state index in [0.29, 0.717) is 5.82 Å². The molecule has 0 aliphatic carbocycles. The minimum Gasteiger partial charge on any atom is -0.256 e. The number of hydrogen-bond donors (Lipinski definition) is 0. The number of rotatable bonds is 4. The highest BCUT2D eigenvalue weighted by Crippen LogP contribution is 2.37. The fourth-order valence-electron chi connectivity index (χ4n) is 6.60. The molecule has 0 unspecified atom stereocenters. The Morgan fingerprint density at radius 2 is 0.913 bits per heavy atom. The molecule has 0 bridgehead atoms. The lowest BCUT2D eigenvalue weighted by Crippen LogP contribution is -1.97. The van der Waals surface area contributed by atoms with E-state index in [0.717, 1.165) is 44.7 Å². The topological polar surface area (TPSA) is 38.7 Å². The average Bonchev–Trinajstić information content (AvgIpc) is 3.14. The Labute approximate surface area is 266 Å². The molecule has 46 heavy (non-hydrogen) atoms. The Morgan fingerprint density at radius 1 is 0.326 bits per heavy atom. The third-order valence-corrected chi connectivity index (χ3v) is 8.91. The number of nitrogens with zero attached hydrogens (tertiary/aromatic N) is 3. The molecule has 9 rings (SSSR count). The molecule has 0 fully saturated rings. The Kier molecular flexibility index (Phi) is 6.14. The van der Waals surface area contributed by atoms with Crippen molar-refractivity contribution in [2.24, 2.45) is 0 Å². The van der Waals surface area contributed by atoms with Crippen molar-refractivity contribution in [1.29, 1.82) is 0 Å². The van der Waals surface area contributed by atoms with E-state index in [4.69, 9.17) is 15.0 Å². The molecule has 0 spiro atoms. The van der Waals surface area contributed by atoms with Gasteiger partial charge in [-0.1, -0.05) is 140 Å². The number of hydrogen-bond acceptors (Lipinski definition) is 3. The molecule has 214 valence electrons. The van der Waals surface area contributed by atoms with Crippen molar-refractivity contribution in [2.75, 3.05) is 0 Å². The van der Waals surface area contributed by atoms with Crippen molar-refractivity contribution in [2.45, 2.75) is 0 Å². The third-order valence-electron chi connectivity index (χ3n) is 8.91. The summed E-state index contributed by atoms with van der Waals surface area (Å²) >= 11 is 0. The molecule has 0 radical (unpaired) electrons. The second-order valence-electron chi connectivity index (χ2n) is 11.7. The average molecular weight is 586 g/mol. The van der Waals surface area contributed by atoms with E-state index in [1.165, 1.54) is 37.7 Å². The van der Waals surface area contributed by atoms with Gasteiger partial charge in [-0.3, -0.25) is 4.98 Å². The van der Waals surface area contributed by atoms with E-state index in [9.17, 15) is 0 Å². The van der Waals surface area contributed by atoms with E-state index in [2.05, 4.69) is 152 Å². The van der Waals surface area contributed by atoms with E-state index >= 15 is 0 Å². The van der Waals surface area contributed by atoms with Crippen LogP contribution in [-0.4, -0.2) is 15.0 Å². The summed E-state index contributed by atoms with van der Waals surface area (Å²) in [5, 5.41) is 9.48. The zero-order chi connectivity index (χ0) is 30.5. The molecule has 0 N–H and O–H groups in total. The molecule has 0 saturated heterocycles. The van der Waals surface area contributed by atoms with Gasteiger partial charge >= 0.3 is 0 Å². The summed E-state index contributed by atoms with van der Waals surface area (Å²) in [6.07, 6.45) is 1.94.